The van der Waals surface area contributed by atoms with E-state index in [0.29, 0.717) is 11.5 Å². The lowest BCUT2D eigenvalue weighted by molar-refractivity contribution is 0.0988. The van der Waals surface area contributed by atoms with Crippen molar-refractivity contribution in [3.05, 3.63) is 47.8 Å². The zero-order chi connectivity index (χ0) is 16.2. The third-order valence-corrected chi connectivity index (χ3v) is 4.21. The van der Waals surface area contributed by atoms with E-state index in [9.17, 15) is 4.79 Å². The van der Waals surface area contributed by atoms with Crippen LogP contribution in [0.15, 0.2) is 36.7 Å². The molecule has 1 aliphatic heterocycles. The zero-order valence-electron chi connectivity index (χ0n) is 13.7. The summed E-state index contributed by atoms with van der Waals surface area (Å²) >= 11 is 0. The second kappa shape index (κ2) is 6.77. The van der Waals surface area contributed by atoms with Crippen LogP contribution >= 0.6 is 0 Å². The van der Waals surface area contributed by atoms with Crippen LogP contribution in [0, 0.1) is 0 Å². The van der Waals surface area contributed by atoms with Crippen LogP contribution in [0.1, 0.15) is 35.7 Å². The van der Waals surface area contributed by atoms with Gasteiger partial charge in [-0.2, -0.15) is 0 Å². The van der Waals surface area contributed by atoms with Crippen molar-refractivity contribution < 1.29 is 4.79 Å². The van der Waals surface area contributed by atoms with Crippen molar-refractivity contribution in [3.8, 4) is 0 Å². The number of nitrogens with zero attached hydrogens (tertiary/aromatic N) is 4. The van der Waals surface area contributed by atoms with Crippen LogP contribution < -0.4 is 9.80 Å². The highest BCUT2D eigenvalue weighted by Gasteiger charge is 2.25. The summed E-state index contributed by atoms with van der Waals surface area (Å²) in [5.74, 6) is 0.634. The Labute approximate surface area is 137 Å². The molecule has 0 saturated heterocycles. The van der Waals surface area contributed by atoms with Crippen LogP contribution in [0.25, 0.3) is 0 Å². The fourth-order valence-electron chi connectivity index (χ4n) is 2.83. The highest BCUT2D eigenvalue weighted by Crippen LogP contribution is 2.28. The number of carbonyl (C=O) groups excluding carboxylic acids is 1. The van der Waals surface area contributed by atoms with Gasteiger partial charge in [-0.25, -0.2) is 9.97 Å². The van der Waals surface area contributed by atoms with Gasteiger partial charge in [0.15, 0.2) is 0 Å². The molecule has 0 atom stereocenters. The Morgan fingerprint density at radius 3 is 2.74 bits per heavy atom. The van der Waals surface area contributed by atoms with Gasteiger partial charge in [0, 0.05) is 38.2 Å². The molecule has 0 aliphatic carbocycles. The summed E-state index contributed by atoms with van der Waals surface area (Å²) in [5, 5.41) is 0. The Bertz CT molecular complexity index is 684. The number of hydrogen-bond donors (Lipinski definition) is 0. The van der Waals surface area contributed by atoms with Crippen LogP contribution in [0.4, 0.5) is 11.6 Å². The molecule has 120 valence electrons. The molecule has 0 radical (unpaired) electrons. The van der Waals surface area contributed by atoms with E-state index in [1.54, 1.807) is 12.4 Å². The average Bonchev–Trinajstić information content (AvgIpc) is 3.03. The molecular formula is C18H22N4O. The van der Waals surface area contributed by atoms with Crippen molar-refractivity contribution in [1.29, 1.82) is 0 Å². The first-order valence-electron chi connectivity index (χ1n) is 8.13. The first kappa shape index (κ1) is 15.5. The Kier molecular flexibility index (Phi) is 4.55. The summed E-state index contributed by atoms with van der Waals surface area (Å²) in [6.07, 6.45) is 6.41. The van der Waals surface area contributed by atoms with E-state index < -0.39 is 0 Å². The number of amides is 1. The molecular weight excluding hydrogens is 288 g/mol. The van der Waals surface area contributed by atoms with Crippen molar-refractivity contribution in [1.82, 2.24) is 9.97 Å². The maximum absolute atomic E-state index is 12.7. The molecule has 2 heterocycles. The molecule has 1 aromatic heterocycles. The largest absolute Gasteiger partial charge is 0.344 e. The predicted molar refractivity (Wildman–Crippen MR) is 92.0 cm³/mol. The maximum Gasteiger partial charge on any atom is 0.261 e. The number of benzene rings is 1. The van der Waals surface area contributed by atoms with Crippen LogP contribution in [-0.2, 0) is 6.42 Å². The minimum Gasteiger partial charge on any atom is -0.344 e. The van der Waals surface area contributed by atoms with Crippen LogP contribution in [0.3, 0.4) is 0 Å². The molecule has 1 amide bonds. The van der Waals surface area contributed by atoms with E-state index in [2.05, 4.69) is 23.0 Å². The number of hydrogen-bond acceptors (Lipinski definition) is 4. The Morgan fingerprint density at radius 2 is 2.00 bits per heavy atom. The van der Waals surface area contributed by atoms with Gasteiger partial charge in [0.2, 0.25) is 5.95 Å². The normalized spacial score (nSPS) is 13.0. The van der Waals surface area contributed by atoms with Crippen LogP contribution in [0.5, 0.6) is 0 Å². The van der Waals surface area contributed by atoms with Crippen LogP contribution in [-0.4, -0.2) is 36.0 Å². The SMILES string of the molecule is CCCCN(C)c1ncc(C(=O)N2CCc3ccccc32)cn1. The van der Waals surface area contributed by atoms with Crippen molar-refractivity contribution in [3.63, 3.8) is 0 Å². The summed E-state index contributed by atoms with van der Waals surface area (Å²) in [4.78, 5) is 25.2. The van der Waals surface area contributed by atoms with Gasteiger partial charge in [0.05, 0.1) is 5.56 Å². The number of fused-ring (bicyclic) bond motifs is 1. The first-order valence-corrected chi connectivity index (χ1v) is 8.13. The molecule has 0 saturated carbocycles. The third-order valence-electron chi connectivity index (χ3n) is 4.21. The molecule has 2 aromatic rings. The maximum atomic E-state index is 12.7. The highest BCUT2D eigenvalue weighted by molar-refractivity contribution is 6.06. The smallest absolute Gasteiger partial charge is 0.261 e. The number of rotatable bonds is 5. The van der Waals surface area contributed by atoms with Gasteiger partial charge in [-0.05, 0) is 24.5 Å². The first-order chi connectivity index (χ1) is 11.2. The van der Waals surface area contributed by atoms with E-state index in [-0.39, 0.29) is 5.91 Å². The van der Waals surface area contributed by atoms with Crippen LogP contribution in [0.2, 0.25) is 0 Å². The van der Waals surface area contributed by atoms with E-state index >= 15 is 0 Å². The van der Waals surface area contributed by atoms with Gasteiger partial charge in [0.1, 0.15) is 0 Å². The van der Waals surface area contributed by atoms with Gasteiger partial charge in [0.25, 0.3) is 5.91 Å². The fourth-order valence-corrected chi connectivity index (χ4v) is 2.83. The second-order valence-corrected chi connectivity index (χ2v) is 5.88. The van der Waals surface area contributed by atoms with Crippen molar-refractivity contribution >= 4 is 17.5 Å². The summed E-state index contributed by atoms with van der Waals surface area (Å²) in [7, 11) is 1.98. The second-order valence-electron chi connectivity index (χ2n) is 5.88. The zero-order valence-corrected chi connectivity index (χ0v) is 13.7. The minimum absolute atomic E-state index is 0.0299. The molecule has 1 aliphatic rings. The topological polar surface area (TPSA) is 49.3 Å². The molecule has 0 unspecified atom stereocenters. The van der Waals surface area contributed by atoms with Gasteiger partial charge < -0.3 is 9.80 Å². The number of aromatic nitrogens is 2. The van der Waals surface area contributed by atoms with Gasteiger partial charge in [-0.1, -0.05) is 31.5 Å². The molecule has 0 N–H and O–H groups in total. The van der Waals surface area contributed by atoms with Gasteiger partial charge in [-0.15, -0.1) is 0 Å². The van der Waals surface area contributed by atoms with E-state index in [1.165, 1.54) is 5.56 Å². The predicted octanol–water partition coefficient (Wildman–Crippen LogP) is 2.92. The molecule has 23 heavy (non-hydrogen) atoms. The van der Waals surface area contributed by atoms with E-state index in [4.69, 9.17) is 0 Å². The van der Waals surface area contributed by atoms with E-state index in [1.807, 2.05) is 35.0 Å². The monoisotopic (exact) mass is 310 g/mol. The van der Waals surface area contributed by atoms with E-state index in [0.717, 1.165) is 38.0 Å². The molecule has 1 aromatic carbocycles. The molecule has 5 heteroatoms. The lowest BCUT2D eigenvalue weighted by Gasteiger charge is -2.18. The molecule has 0 spiro atoms. The number of para-hydroxylation sites is 1. The highest BCUT2D eigenvalue weighted by atomic mass is 16.2. The van der Waals surface area contributed by atoms with Crippen molar-refractivity contribution in [2.24, 2.45) is 0 Å². The summed E-state index contributed by atoms with van der Waals surface area (Å²) in [6.45, 7) is 3.80. The summed E-state index contributed by atoms with van der Waals surface area (Å²) in [5.41, 5.74) is 2.76. The fraction of sp³-hybridized carbons (Fsp3) is 0.389. The van der Waals surface area contributed by atoms with Gasteiger partial charge >= 0.3 is 0 Å². The standard InChI is InChI=1S/C18H22N4O/c1-3-4-10-21(2)18-19-12-15(13-20-18)17(23)22-11-9-14-7-5-6-8-16(14)22/h5-8,12-13H,3-4,9-11H2,1-2H3. The minimum atomic E-state index is -0.0299. The van der Waals surface area contributed by atoms with Crippen molar-refractivity contribution in [2.75, 3.05) is 29.9 Å². The molecule has 0 bridgehead atoms. The average molecular weight is 310 g/mol. The summed E-state index contributed by atoms with van der Waals surface area (Å²) in [6, 6.07) is 8.04. The molecule has 5 nitrogen and oxygen atoms in total. The lowest BCUT2D eigenvalue weighted by Crippen LogP contribution is -2.29. The molecule has 0 fully saturated rings. The molecule has 3 rings (SSSR count). The lowest BCUT2D eigenvalue weighted by atomic mass is 10.2. The Hall–Kier alpha value is -2.43. The van der Waals surface area contributed by atoms with Crippen molar-refractivity contribution in [2.45, 2.75) is 26.2 Å². The number of carbonyl (C=O) groups is 1. The third kappa shape index (κ3) is 3.18. The Balaban J connectivity index is 1.74. The summed E-state index contributed by atoms with van der Waals surface area (Å²) < 4.78 is 0. The van der Waals surface area contributed by atoms with Gasteiger partial charge in [-0.3, -0.25) is 4.79 Å². The Morgan fingerprint density at radius 1 is 1.26 bits per heavy atom. The number of unbranched alkanes of at least 4 members (excludes halogenated alkanes) is 1. The quantitative estimate of drug-likeness (QED) is 0.852. The number of anilines is 2.